The third kappa shape index (κ3) is 3.23. The molecule has 0 amide bonds. The summed E-state index contributed by atoms with van der Waals surface area (Å²) in [6.45, 7) is 0.857. The van der Waals surface area contributed by atoms with Crippen molar-refractivity contribution in [1.82, 2.24) is 4.98 Å². The second-order valence-corrected chi connectivity index (χ2v) is 5.82. The standard InChI is InChI=1S/C17H17N3S/c1-20(11-13-5-3-2-4-6-13)17-19-16(12-21-17)14-7-9-15(18)10-8-14/h2-10,12H,11,18H2,1H3. The SMILES string of the molecule is CN(Cc1ccccc1)c1nc(-c2ccc(N)cc2)cs1. The van der Waals surface area contributed by atoms with Crippen molar-refractivity contribution in [2.45, 2.75) is 6.54 Å². The van der Waals surface area contributed by atoms with E-state index in [9.17, 15) is 0 Å². The maximum atomic E-state index is 5.72. The minimum Gasteiger partial charge on any atom is -0.399 e. The predicted octanol–water partition coefficient (Wildman–Crippen LogP) is 4.03. The van der Waals surface area contributed by atoms with Crippen molar-refractivity contribution in [2.75, 3.05) is 17.7 Å². The van der Waals surface area contributed by atoms with Crippen LogP contribution in [-0.4, -0.2) is 12.0 Å². The van der Waals surface area contributed by atoms with Gasteiger partial charge in [0.1, 0.15) is 0 Å². The Hall–Kier alpha value is -2.33. The van der Waals surface area contributed by atoms with Crippen LogP contribution in [0.1, 0.15) is 5.56 Å². The van der Waals surface area contributed by atoms with Gasteiger partial charge in [-0.1, -0.05) is 42.5 Å². The molecule has 0 bridgehead atoms. The molecule has 21 heavy (non-hydrogen) atoms. The largest absolute Gasteiger partial charge is 0.399 e. The monoisotopic (exact) mass is 295 g/mol. The van der Waals surface area contributed by atoms with Crippen LogP contribution >= 0.6 is 11.3 Å². The van der Waals surface area contributed by atoms with E-state index in [1.54, 1.807) is 11.3 Å². The van der Waals surface area contributed by atoms with Crippen molar-refractivity contribution in [2.24, 2.45) is 0 Å². The number of thiazole rings is 1. The average Bonchev–Trinajstić information content (AvgIpc) is 2.99. The molecule has 0 radical (unpaired) electrons. The van der Waals surface area contributed by atoms with Gasteiger partial charge in [-0.25, -0.2) is 4.98 Å². The fraction of sp³-hybridized carbons (Fsp3) is 0.118. The molecule has 0 saturated heterocycles. The highest BCUT2D eigenvalue weighted by atomic mass is 32.1. The van der Waals surface area contributed by atoms with E-state index in [2.05, 4.69) is 41.6 Å². The molecule has 1 aromatic heterocycles. The van der Waals surface area contributed by atoms with Crippen LogP contribution in [0.3, 0.4) is 0 Å². The molecular formula is C17H17N3S. The number of hydrogen-bond acceptors (Lipinski definition) is 4. The van der Waals surface area contributed by atoms with Gasteiger partial charge in [-0.05, 0) is 17.7 Å². The number of aromatic nitrogens is 1. The number of nitrogens with two attached hydrogens (primary N) is 1. The molecule has 0 atom stereocenters. The molecule has 4 heteroatoms. The van der Waals surface area contributed by atoms with Gasteiger partial charge in [0.2, 0.25) is 0 Å². The Morgan fingerprint density at radius 2 is 1.76 bits per heavy atom. The van der Waals surface area contributed by atoms with E-state index in [1.165, 1.54) is 5.56 Å². The topological polar surface area (TPSA) is 42.2 Å². The van der Waals surface area contributed by atoms with Gasteiger partial charge in [-0.2, -0.15) is 0 Å². The van der Waals surface area contributed by atoms with Gasteiger partial charge in [-0.15, -0.1) is 11.3 Å². The Morgan fingerprint density at radius 1 is 1.05 bits per heavy atom. The van der Waals surface area contributed by atoms with Crippen LogP contribution in [0.5, 0.6) is 0 Å². The zero-order chi connectivity index (χ0) is 14.7. The van der Waals surface area contributed by atoms with E-state index in [4.69, 9.17) is 10.7 Å². The molecule has 0 aliphatic carbocycles. The van der Waals surface area contributed by atoms with Crippen LogP contribution in [0.4, 0.5) is 10.8 Å². The summed E-state index contributed by atoms with van der Waals surface area (Å²) in [5, 5.41) is 3.10. The van der Waals surface area contributed by atoms with E-state index in [1.807, 2.05) is 30.3 Å². The Bertz CT molecular complexity index is 704. The quantitative estimate of drug-likeness (QED) is 0.739. The first-order valence-corrected chi connectivity index (χ1v) is 7.67. The minimum absolute atomic E-state index is 0.774. The Labute approximate surface area is 128 Å². The fourth-order valence-electron chi connectivity index (χ4n) is 2.15. The summed E-state index contributed by atoms with van der Waals surface area (Å²) in [4.78, 5) is 6.88. The second kappa shape index (κ2) is 5.97. The zero-order valence-electron chi connectivity index (χ0n) is 11.9. The molecule has 0 saturated carbocycles. The molecule has 0 unspecified atom stereocenters. The van der Waals surface area contributed by atoms with E-state index in [0.717, 1.165) is 28.6 Å². The predicted molar refractivity (Wildman–Crippen MR) is 90.5 cm³/mol. The smallest absolute Gasteiger partial charge is 0.185 e. The highest BCUT2D eigenvalue weighted by Gasteiger charge is 2.09. The summed E-state index contributed by atoms with van der Waals surface area (Å²) in [5.41, 5.74) is 9.87. The van der Waals surface area contributed by atoms with Crippen molar-refractivity contribution in [1.29, 1.82) is 0 Å². The molecule has 3 rings (SSSR count). The summed E-state index contributed by atoms with van der Waals surface area (Å²) in [7, 11) is 2.07. The molecule has 106 valence electrons. The van der Waals surface area contributed by atoms with Crippen molar-refractivity contribution in [3.8, 4) is 11.3 Å². The van der Waals surface area contributed by atoms with Gasteiger partial charge in [0.25, 0.3) is 0 Å². The number of nitrogen functional groups attached to an aromatic ring is 1. The van der Waals surface area contributed by atoms with Crippen LogP contribution < -0.4 is 10.6 Å². The number of rotatable bonds is 4. The first-order chi connectivity index (χ1) is 10.2. The summed E-state index contributed by atoms with van der Waals surface area (Å²) >= 11 is 1.66. The fourth-order valence-corrected chi connectivity index (χ4v) is 2.95. The molecular weight excluding hydrogens is 278 g/mol. The summed E-state index contributed by atoms with van der Waals surface area (Å²) in [6.07, 6.45) is 0. The van der Waals surface area contributed by atoms with Crippen LogP contribution in [0.2, 0.25) is 0 Å². The first-order valence-electron chi connectivity index (χ1n) is 6.79. The minimum atomic E-state index is 0.774. The van der Waals surface area contributed by atoms with Crippen LogP contribution in [-0.2, 0) is 6.54 Å². The van der Waals surface area contributed by atoms with E-state index < -0.39 is 0 Å². The lowest BCUT2D eigenvalue weighted by molar-refractivity contribution is 0.915. The lowest BCUT2D eigenvalue weighted by atomic mass is 10.1. The van der Waals surface area contributed by atoms with E-state index in [-0.39, 0.29) is 0 Å². The zero-order valence-corrected chi connectivity index (χ0v) is 12.7. The van der Waals surface area contributed by atoms with E-state index >= 15 is 0 Å². The van der Waals surface area contributed by atoms with Gasteiger partial charge in [0.05, 0.1) is 5.69 Å². The lowest BCUT2D eigenvalue weighted by Gasteiger charge is -2.15. The number of hydrogen-bond donors (Lipinski definition) is 1. The first kappa shape index (κ1) is 13.6. The van der Waals surface area contributed by atoms with Crippen molar-refractivity contribution >= 4 is 22.2 Å². The molecule has 0 aliphatic rings. The molecule has 3 nitrogen and oxygen atoms in total. The van der Waals surface area contributed by atoms with Crippen molar-refractivity contribution < 1.29 is 0 Å². The third-order valence-electron chi connectivity index (χ3n) is 3.29. The van der Waals surface area contributed by atoms with Gasteiger partial charge < -0.3 is 10.6 Å². The molecule has 0 spiro atoms. The van der Waals surface area contributed by atoms with Gasteiger partial charge in [-0.3, -0.25) is 0 Å². The third-order valence-corrected chi connectivity index (χ3v) is 4.24. The van der Waals surface area contributed by atoms with Gasteiger partial charge in [0, 0.05) is 30.2 Å². The lowest BCUT2D eigenvalue weighted by Crippen LogP contribution is -2.15. The Balaban J connectivity index is 1.76. The van der Waals surface area contributed by atoms with Gasteiger partial charge >= 0.3 is 0 Å². The van der Waals surface area contributed by atoms with E-state index in [0.29, 0.717) is 0 Å². The molecule has 3 aromatic rings. The maximum absolute atomic E-state index is 5.72. The molecule has 1 heterocycles. The summed E-state index contributed by atoms with van der Waals surface area (Å²) in [6, 6.07) is 18.2. The second-order valence-electron chi connectivity index (χ2n) is 4.98. The number of anilines is 2. The normalized spacial score (nSPS) is 10.5. The average molecular weight is 295 g/mol. The van der Waals surface area contributed by atoms with Crippen LogP contribution in [0.15, 0.2) is 60.0 Å². The molecule has 0 fully saturated rings. The van der Waals surface area contributed by atoms with Gasteiger partial charge in [0.15, 0.2) is 5.13 Å². The van der Waals surface area contributed by atoms with Crippen LogP contribution in [0.25, 0.3) is 11.3 Å². The number of benzene rings is 2. The molecule has 0 aliphatic heterocycles. The van der Waals surface area contributed by atoms with Crippen molar-refractivity contribution in [3.05, 3.63) is 65.5 Å². The number of nitrogens with zero attached hydrogens (tertiary/aromatic N) is 2. The summed E-state index contributed by atoms with van der Waals surface area (Å²) in [5.74, 6) is 0. The Kier molecular flexibility index (Phi) is 3.88. The Morgan fingerprint density at radius 3 is 2.48 bits per heavy atom. The highest BCUT2D eigenvalue weighted by molar-refractivity contribution is 7.14. The van der Waals surface area contributed by atoms with Crippen molar-refractivity contribution in [3.63, 3.8) is 0 Å². The highest BCUT2D eigenvalue weighted by Crippen LogP contribution is 2.28. The molecule has 2 N–H and O–H groups in total. The molecule has 2 aromatic carbocycles. The van der Waals surface area contributed by atoms with Crippen LogP contribution in [0, 0.1) is 0 Å². The maximum Gasteiger partial charge on any atom is 0.185 e. The summed E-state index contributed by atoms with van der Waals surface area (Å²) < 4.78 is 0.